The number of rotatable bonds is 5. The van der Waals surface area contributed by atoms with Crippen LogP contribution in [0.15, 0.2) is 52.4 Å². The average Bonchev–Trinajstić information content (AvgIpc) is 3.35. The number of likely N-dealkylation sites (tertiary alicyclic amines) is 1. The molecule has 1 fully saturated rings. The smallest absolute Gasteiger partial charge is 0.391 e. The van der Waals surface area contributed by atoms with Crippen molar-refractivity contribution in [1.29, 1.82) is 0 Å². The molecule has 3 heterocycles. The second-order valence-corrected chi connectivity index (χ2v) is 11.5. The van der Waals surface area contributed by atoms with Gasteiger partial charge in [-0.25, -0.2) is 17.8 Å². The fraction of sp³-hybridized carbons (Fsp3) is 0.435. The monoisotopic (exact) mass is 544 g/mol. The number of aliphatic imine (C=N–C) groups is 1. The Kier molecular flexibility index (Phi) is 6.92. The molecule has 3 aliphatic rings. The van der Waals surface area contributed by atoms with Gasteiger partial charge < -0.3 is 9.46 Å². The molecule has 2 aromatic carbocycles. The molecule has 4 atom stereocenters. The third-order valence-electron chi connectivity index (χ3n) is 6.76. The van der Waals surface area contributed by atoms with Gasteiger partial charge in [-0.2, -0.15) is 17.9 Å². The van der Waals surface area contributed by atoms with Crippen LogP contribution in [0.4, 0.5) is 17.6 Å². The van der Waals surface area contributed by atoms with E-state index in [0.717, 1.165) is 11.9 Å². The number of halogens is 4. The second kappa shape index (κ2) is 9.84. The highest BCUT2D eigenvalue weighted by Crippen LogP contribution is 2.48. The van der Waals surface area contributed by atoms with Gasteiger partial charge in [0.05, 0.1) is 23.8 Å². The molecule has 0 bridgehead atoms. The minimum Gasteiger partial charge on any atom is -0.493 e. The van der Waals surface area contributed by atoms with Crippen LogP contribution in [0.5, 0.6) is 5.75 Å². The molecule has 0 radical (unpaired) electrons. The number of hydrogen-bond acceptors (Lipinski definition) is 7. The van der Waals surface area contributed by atoms with Gasteiger partial charge in [-0.05, 0) is 55.1 Å². The van der Waals surface area contributed by atoms with Gasteiger partial charge in [-0.15, -0.1) is 0 Å². The second-order valence-electron chi connectivity index (χ2n) is 8.91. The predicted molar refractivity (Wildman–Crippen MR) is 127 cm³/mol. The minimum absolute atomic E-state index is 0.00969. The molecule has 7 nitrogen and oxygen atoms in total. The molecule has 0 aliphatic carbocycles. The standard InChI is InChI=1S/C23H24F4N4O3S2/c24-16-3-1-14(2-4-16)20-11-15(23(25,26)27)7-9-31(20)19-8-10-34-21-12-17(5-6-18(19)21)36(32,33)30-22-28-13-29-35-22/h1-6,12-13,15,19-20,22,30H,7-11H2,(H,28,29)/t15-,19+,20+,22?/m0/s1. The Bertz CT molecular complexity index is 1240. The van der Waals surface area contributed by atoms with Crippen molar-refractivity contribution in [2.75, 3.05) is 13.2 Å². The lowest BCUT2D eigenvalue weighted by Gasteiger charge is -2.46. The normalized spacial score (nSPS) is 26.8. The first kappa shape index (κ1) is 25.3. The highest BCUT2D eigenvalue weighted by molar-refractivity contribution is 7.99. The van der Waals surface area contributed by atoms with Crippen molar-refractivity contribution < 1.29 is 30.7 Å². The Morgan fingerprint density at radius 3 is 2.58 bits per heavy atom. The van der Waals surface area contributed by atoms with Gasteiger partial charge in [0, 0.05) is 30.1 Å². The highest BCUT2D eigenvalue weighted by Gasteiger charge is 2.46. The Morgan fingerprint density at radius 1 is 1.11 bits per heavy atom. The van der Waals surface area contributed by atoms with Gasteiger partial charge >= 0.3 is 6.18 Å². The first-order valence-corrected chi connectivity index (χ1v) is 13.8. The molecular formula is C23H24F4N4O3S2. The number of nitrogens with zero attached hydrogens (tertiary/aromatic N) is 2. The van der Waals surface area contributed by atoms with E-state index in [1.54, 1.807) is 6.07 Å². The van der Waals surface area contributed by atoms with Gasteiger partial charge in [0.2, 0.25) is 10.0 Å². The van der Waals surface area contributed by atoms with Crippen LogP contribution in [0.1, 0.15) is 42.5 Å². The topological polar surface area (TPSA) is 83.0 Å². The van der Waals surface area contributed by atoms with E-state index in [1.807, 2.05) is 4.90 Å². The number of benzene rings is 2. The van der Waals surface area contributed by atoms with Gasteiger partial charge in [0.25, 0.3) is 0 Å². The number of sulfonamides is 1. The summed E-state index contributed by atoms with van der Waals surface area (Å²) in [4.78, 5) is 5.99. The summed E-state index contributed by atoms with van der Waals surface area (Å²) in [7, 11) is -3.88. The SMILES string of the molecule is O=S(=O)(NC1N=CNS1)c1ccc2c(c1)OCC[C@H]2N1CC[C@H](C(F)(F)F)C[C@@H]1c1ccc(F)cc1. The number of ether oxygens (including phenoxy) is 1. The summed E-state index contributed by atoms with van der Waals surface area (Å²) in [6.45, 7) is 0.485. The van der Waals surface area contributed by atoms with Crippen molar-refractivity contribution in [3.8, 4) is 5.75 Å². The Labute approximate surface area is 210 Å². The molecule has 5 rings (SSSR count). The van der Waals surface area contributed by atoms with E-state index in [-0.39, 0.29) is 36.9 Å². The first-order valence-electron chi connectivity index (χ1n) is 11.4. The zero-order chi connectivity index (χ0) is 25.5. The quantitative estimate of drug-likeness (QED) is 0.426. The molecule has 194 valence electrons. The van der Waals surface area contributed by atoms with Crippen molar-refractivity contribution in [2.45, 2.75) is 47.9 Å². The molecule has 0 aromatic heterocycles. The molecule has 2 aromatic rings. The van der Waals surface area contributed by atoms with Crippen LogP contribution in [0.3, 0.4) is 0 Å². The number of nitrogens with one attached hydrogen (secondary N) is 2. The summed E-state index contributed by atoms with van der Waals surface area (Å²) < 4.78 is 91.1. The lowest BCUT2D eigenvalue weighted by Crippen LogP contribution is -2.44. The van der Waals surface area contributed by atoms with Crippen molar-refractivity contribution in [2.24, 2.45) is 10.9 Å². The van der Waals surface area contributed by atoms with Crippen LogP contribution in [0.2, 0.25) is 0 Å². The van der Waals surface area contributed by atoms with E-state index < -0.39 is 39.5 Å². The van der Waals surface area contributed by atoms with Crippen LogP contribution in [0, 0.1) is 11.7 Å². The third-order valence-corrected chi connectivity index (χ3v) is 9.02. The molecular weight excluding hydrogens is 520 g/mol. The third kappa shape index (κ3) is 5.20. The van der Waals surface area contributed by atoms with Crippen molar-refractivity contribution in [3.05, 3.63) is 59.4 Å². The molecule has 1 saturated heterocycles. The molecule has 0 spiro atoms. The zero-order valence-corrected chi connectivity index (χ0v) is 20.5. The van der Waals surface area contributed by atoms with Crippen LogP contribution in [-0.4, -0.2) is 44.5 Å². The van der Waals surface area contributed by atoms with Gasteiger partial charge in [0.15, 0.2) is 5.50 Å². The molecule has 1 unspecified atom stereocenters. The molecule has 0 saturated carbocycles. The summed E-state index contributed by atoms with van der Waals surface area (Å²) in [5.74, 6) is -1.53. The predicted octanol–water partition coefficient (Wildman–Crippen LogP) is 4.51. The summed E-state index contributed by atoms with van der Waals surface area (Å²) in [5, 5.41) is 0. The summed E-state index contributed by atoms with van der Waals surface area (Å²) in [6.07, 6.45) is -2.56. The Balaban J connectivity index is 1.44. The molecule has 2 N–H and O–H groups in total. The Hall–Kier alpha value is -2.35. The van der Waals surface area contributed by atoms with E-state index >= 15 is 0 Å². The average molecular weight is 545 g/mol. The largest absolute Gasteiger partial charge is 0.493 e. The van der Waals surface area contributed by atoms with Crippen molar-refractivity contribution >= 4 is 28.3 Å². The molecule has 13 heteroatoms. The zero-order valence-electron chi connectivity index (χ0n) is 18.9. The van der Waals surface area contributed by atoms with E-state index in [1.165, 1.54) is 42.7 Å². The first-order chi connectivity index (χ1) is 17.1. The summed E-state index contributed by atoms with van der Waals surface area (Å²) >= 11 is 1.11. The van der Waals surface area contributed by atoms with E-state index in [9.17, 15) is 26.0 Å². The summed E-state index contributed by atoms with van der Waals surface area (Å²) in [5.41, 5.74) is 0.642. The fourth-order valence-corrected chi connectivity index (χ4v) is 6.92. The number of fused-ring (bicyclic) bond motifs is 1. The highest BCUT2D eigenvalue weighted by atomic mass is 32.2. The Morgan fingerprint density at radius 2 is 1.89 bits per heavy atom. The van der Waals surface area contributed by atoms with E-state index in [0.29, 0.717) is 23.3 Å². The van der Waals surface area contributed by atoms with Gasteiger partial charge in [0.1, 0.15) is 11.6 Å². The number of hydrogen-bond donors (Lipinski definition) is 2. The van der Waals surface area contributed by atoms with Gasteiger partial charge in [-0.3, -0.25) is 4.90 Å². The van der Waals surface area contributed by atoms with E-state index in [4.69, 9.17) is 4.74 Å². The summed E-state index contributed by atoms with van der Waals surface area (Å²) in [6, 6.07) is 9.31. The van der Waals surface area contributed by atoms with Crippen molar-refractivity contribution in [1.82, 2.24) is 14.3 Å². The maximum absolute atomic E-state index is 13.6. The number of alkyl halides is 3. The fourth-order valence-electron chi connectivity index (χ4n) is 5.01. The van der Waals surface area contributed by atoms with Crippen molar-refractivity contribution in [3.63, 3.8) is 0 Å². The van der Waals surface area contributed by atoms with Crippen LogP contribution in [0.25, 0.3) is 0 Å². The lowest BCUT2D eigenvalue weighted by atomic mass is 9.84. The maximum atomic E-state index is 13.6. The molecule has 0 amide bonds. The van der Waals surface area contributed by atoms with Crippen LogP contribution in [-0.2, 0) is 10.0 Å². The molecule has 36 heavy (non-hydrogen) atoms. The maximum Gasteiger partial charge on any atom is 0.391 e. The molecule has 3 aliphatic heterocycles. The van der Waals surface area contributed by atoms with E-state index in [2.05, 4.69) is 14.4 Å². The van der Waals surface area contributed by atoms with Crippen LogP contribution >= 0.6 is 11.9 Å². The van der Waals surface area contributed by atoms with Crippen LogP contribution < -0.4 is 14.2 Å². The van der Waals surface area contributed by atoms with Gasteiger partial charge in [-0.1, -0.05) is 18.2 Å². The number of piperidine rings is 1. The minimum atomic E-state index is -4.31. The lowest BCUT2D eigenvalue weighted by molar-refractivity contribution is -0.192.